The number of amides is 2. The van der Waals surface area contributed by atoms with Crippen molar-refractivity contribution in [1.29, 1.82) is 0 Å². The molecule has 0 aliphatic carbocycles. The average molecular weight is 267 g/mol. The van der Waals surface area contributed by atoms with Crippen LogP contribution in [0.5, 0.6) is 0 Å². The molecule has 2 aliphatic heterocycles. The number of hydrogen-bond acceptors (Lipinski definition) is 3. The highest BCUT2D eigenvalue weighted by molar-refractivity contribution is 5.86. The first-order valence-corrected chi connectivity index (χ1v) is 7.39. The van der Waals surface area contributed by atoms with Crippen LogP contribution in [0.2, 0.25) is 0 Å². The molecule has 1 unspecified atom stereocenters. The number of carbonyl (C=O) groups is 2. The number of likely N-dealkylation sites (tertiary alicyclic amines) is 1. The van der Waals surface area contributed by atoms with Gasteiger partial charge in [-0.2, -0.15) is 0 Å². The fourth-order valence-corrected chi connectivity index (χ4v) is 2.98. The smallest absolute Gasteiger partial charge is 0.242 e. The predicted molar refractivity (Wildman–Crippen MR) is 73.7 cm³/mol. The van der Waals surface area contributed by atoms with E-state index in [4.69, 9.17) is 0 Å². The summed E-state index contributed by atoms with van der Waals surface area (Å²) in [4.78, 5) is 25.8. The third-order valence-electron chi connectivity index (χ3n) is 4.31. The number of carbonyl (C=O) groups excluding carboxylic acids is 2. The highest BCUT2D eigenvalue weighted by Gasteiger charge is 2.39. The fraction of sp³-hybridized carbons (Fsp3) is 0.857. The number of nitrogens with zero attached hydrogens (tertiary/aromatic N) is 1. The largest absolute Gasteiger partial charge is 0.353 e. The summed E-state index contributed by atoms with van der Waals surface area (Å²) < 4.78 is 0. The van der Waals surface area contributed by atoms with E-state index >= 15 is 0 Å². The highest BCUT2D eigenvalue weighted by Crippen LogP contribution is 2.23. The summed E-state index contributed by atoms with van der Waals surface area (Å²) in [5.74, 6) is 0.333. The Morgan fingerprint density at radius 3 is 2.58 bits per heavy atom. The van der Waals surface area contributed by atoms with Gasteiger partial charge < -0.3 is 15.5 Å². The molecule has 2 fully saturated rings. The second-order valence-electron chi connectivity index (χ2n) is 5.85. The number of rotatable bonds is 3. The summed E-state index contributed by atoms with van der Waals surface area (Å²) in [5.41, 5.74) is -0.362. The van der Waals surface area contributed by atoms with Crippen molar-refractivity contribution in [3.63, 3.8) is 0 Å². The Kier molecular flexibility index (Phi) is 4.45. The van der Waals surface area contributed by atoms with Crippen LogP contribution >= 0.6 is 0 Å². The SMILES string of the molecule is CCC(=O)NC1CCN(C(=O)C2(C)CCCN2)CC1. The predicted octanol–water partition coefficient (Wildman–Crippen LogP) is 0.646. The van der Waals surface area contributed by atoms with E-state index in [0.717, 1.165) is 45.3 Å². The summed E-state index contributed by atoms with van der Waals surface area (Å²) in [6, 6.07) is 0.237. The molecule has 0 aromatic carbocycles. The topological polar surface area (TPSA) is 61.4 Å². The van der Waals surface area contributed by atoms with Gasteiger partial charge in [0.2, 0.25) is 11.8 Å². The fourth-order valence-electron chi connectivity index (χ4n) is 2.98. The zero-order valence-electron chi connectivity index (χ0n) is 12.0. The molecule has 0 bridgehead atoms. The van der Waals surface area contributed by atoms with Crippen molar-refractivity contribution in [3.8, 4) is 0 Å². The van der Waals surface area contributed by atoms with Crippen LogP contribution in [0.4, 0.5) is 0 Å². The lowest BCUT2D eigenvalue weighted by Crippen LogP contribution is -2.56. The van der Waals surface area contributed by atoms with Gasteiger partial charge in [-0.05, 0) is 39.2 Å². The van der Waals surface area contributed by atoms with Crippen molar-refractivity contribution in [2.24, 2.45) is 0 Å². The Hall–Kier alpha value is -1.10. The van der Waals surface area contributed by atoms with Crippen molar-refractivity contribution in [2.75, 3.05) is 19.6 Å². The van der Waals surface area contributed by atoms with Crippen LogP contribution in [-0.2, 0) is 9.59 Å². The normalized spacial score (nSPS) is 28.4. The Bertz CT molecular complexity index is 343. The van der Waals surface area contributed by atoms with Gasteiger partial charge in [0.15, 0.2) is 0 Å². The van der Waals surface area contributed by atoms with Crippen LogP contribution in [0.1, 0.15) is 46.0 Å². The van der Waals surface area contributed by atoms with Gasteiger partial charge in [0.05, 0.1) is 5.54 Å². The van der Waals surface area contributed by atoms with E-state index in [-0.39, 0.29) is 23.4 Å². The van der Waals surface area contributed by atoms with Gasteiger partial charge in [-0.3, -0.25) is 9.59 Å². The molecule has 1 atom stereocenters. The lowest BCUT2D eigenvalue weighted by atomic mass is 9.96. The molecular formula is C14H25N3O2. The maximum absolute atomic E-state index is 12.5. The van der Waals surface area contributed by atoms with Crippen molar-refractivity contribution in [1.82, 2.24) is 15.5 Å². The van der Waals surface area contributed by atoms with Crippen LogP contribution in [0.15, 0.2) is 0 Å². The highest BCUT2D eigenvalue weighted by atomic mass is 16.2. The van der Waals surface area contributed by atoms with Crippen molar-refractivity contribution in [3.05, 3.63) is 0 Å². The summed E-state index contributed by atoms with van der Waals surface area (Å²) in [6.07, 6.45) is 4.27. The molecule has 2 saturated heterocycles. The molecule has 0 spiro atoms. The molecular weight excluding hydrogens is 242 g/mol. The molecule has 108 valence electrons. The zero-order valence-corrected chi connectivity index (χ0v) is 12.0. The van der Waals surface area contributed by atoms with Crippen LogP contribution < -0.4 is 10.6 Å². The van der Waals surface area contributed by atoms with E-state index in [1.54, 1.807) is 0 Å². The summed E-state index contributed by atoms with van der Waals surface area (Å²) in [5, 5.41) is 6.34. The molecule has 2 amide bonds. The van der Waals surface area contributed by atoms with E-state index in [2.05, 4.69) is 10.6 Å². The zero-order chi connectivity index (χ0) is 13.9. The van der Waals surface area contributed by atoms with Crippen molar-refractivity contribution < 1.29 is 9.59 Å². The van der Waals surface area contributed by atoms with Gasteiger partial charge in [-0.25, -0.2) is 0 Å². The molecule has 0 aromatic heterocycles. The average Bonchev–Trinajstić information content (AvgIpc) is 2.87. The Morgan fingerprint density at radius 1 is 1.37 bits per heavy atom. The minimum Gasteiger partial charge on any atom is -0.353 e. The van der Waals surface area contributed by atoms with Crippen molar-refractivity contribution in [2.45, 2.75) is 57.5 Å². The van der Waals surface area contributed by atoms with Crippen LogP contribution in [0.25, 0.3) is 0 Å². The van der Waals surface area contributed by atoms with E-state index < -0.39 is 0 Å². The van der Waals surface area contributed by atoms with Crippen LogP contribution in [0, 0.1) is 0 Å². The molecule has 2 N–H and O–H groups in total. The molecule has 2 aliphatic rings. The third kappa shape index (κ3) is 3.26. The van der Waals surface area contributed by atoms with Gasteiger partial charge in [-0.1, -0.05) is 6.92 Å². The molecule has 0 saturated carbocycles. The minimum atomic E-state index is -0.362. The molecule has 0 aromatic rings. The van der Waals surface area contributed by atoms with E-state index in [1.165, 1.54) is 0 Å². The van der Waals surface area contributed by atoms with E-state index in [1.807, 2.05) is 18.7 Å². The second-order valence-corrected chi connectivity index (χ2v) is 5.85. The monoisotopic (exact) mass is 267 g/mol. The van der Waals surface area contributed by atoms with Crippen molar-refractivity contribution >= 4 is 11.8 Å². The number of hydrogen-bond donors (Lipinski definition) is 2. The van der Waals surface area contributed by atoms with Gasteiger partial charge in [0, 0.05) is 25.6 Å². The van der Waals surface area contributed by atoms with E-state index in [9.17, 15) is 9.59 Å². The Balaban J connectivity index is 1.82. The number of nitrogens with one attached hydrogen (secondary N) is 2. The minimum absolute atomic E-state index is 0.106. The molecule has 2 rings (SSSR count). The van der Waals surface area contributed by atoms with Gasteiger partial charge >= 0.3 is 0 Å². The molecule has 0 radical (unpaired) electrons. The third-order valence-corrected chi connectivity index (χ3v) is 4.31. The Morgan fingerprint density at radius 2 is 2.05 bits per heavy atom. The van der Waals surface area contributed by atoms with Gasteiger partial charge in [0.25, 0.3) is 0 Å². The maximum atomic E-state index is 12.5. The first-order valence-electron chi connectivity index (χ1n) is 7.39. The first kappa shape index (κ1) is 14.3. The quantitative estimate of drug-likeness (QED) is 0.789. The second kappa shape index (κ2) is 5.90. The molecule has 5 heteroatoms. The standard InChI is InChI=1S/C14H25N3O2/c1-3-12(18)16-11-5-9-17(10-6-11)13(19)14(2)7-4-8-15-14/h11,15H,3-10H2,1-2H3,(H,16,18). The summed E-state index contributed by atoms with van der Waals surface area (Å²) in [6.45, 7) is 6.31. The first-order chi connectivity index (χ1) is 9.05. The van der Waals surface area contributed by atoms with Gasteiger partial charge in [-0.15, -0.1) is 0 Å². The maximum Gasteiger partial charge on any atom is 0.242 e. The summed E-state index contributed by atoms with van der Waals surface area (Å²) >= 11 is 0. The lowest BCUT2D eigenvalue weighted by molar-refractivity contribution is -0.138. The number of piperidine rings is 1. The molecule has 5 nitrogen and oxygen atoms in total. The molecule has 2 heterocycles. The van der Waals surface area contributed by atoms with E-state index in [0.29, 0.717) is 6.42 Å². The summed E-state index contributed by atoms with van der Waals surface area (Å²) in [7, 11) is 0. The molecule has 19 heavy (non-hydrogen) atoms. The van der Waals surface area contributed by atoms with Crippen LogP contribution in [-0.4, -0.2) is 47.9 Å². The Labute approximate surface area is 115 Å². The van der Waals surface area contributed by atoms with Crippen LogP contribution in [0.3, 0.4) is 0 Å². The van der Waals surface area contributed by atoms with Gasteiger partial charge in [0.1, 0.15) is 0 Å². The lowest BCUT2D eigenvalue weighted by Gasteiger charge is -2.37.